The average molecular weight is 880 g/mol. The van der Waals surface area contributed by atoms with Crippen molar-refractivity contribution < 1.29 is 9.13 Å². The molecule has 14 rings (SSSR count). The Morgan fingerprint density at radius 1 is 0.418 bits per heavy atom. The minimum absolute atomic E-state index is 0.290. The van der Waals surface area contributed by atoms with Crippen molar-refractivity contribution in [1.29, 1.82) is 0 Å². The molecule has 0 bridgehead atoms. The number of ether oxygens (including phenoxy) is 1. The van der Waals surface area contributed by atoms with E-state index in [1.807, 2.05) is 30.3 Å². The maximum atomic E-state index is 16.6. The van der Waals surface area contributed by atoms with E-state index in [1.54, 1.807) is 23.5 Å². The van der Waals surface area contributed by atoms with Gasteiger partial charge in [-0.2, -0.15) is 0 Å². The van der Waals surface area contributed by atoms with Crippen LogP contribution in [0.15, 0.2) is 231 Å². The van der Waals surface area contributed by atoms with Crippen molar-refractivity contribution in [2.45, 2.75) is 5.41 Å². The van der Waals surface area contributed by atoms with Crippen molar-refractivity contribution in [2.75, 3.05) is 14.7 Å². The standard InChI is InChI=1S/C61H38FN3OS/c62-39-35-48-47-33-31-44(63(40-17-4-1-5-18-40)41-19-6-2-7-20-41)38-58(47)67-60(48)55(36-39)64(42-21-8-3-9-22-42)43-32-34-53-52(37-43)61(49-25-12-10-23-45(49)46-24-11-13-26-50(46)61)51-27-16-30-57-59(51)65(53)54-28-14-15-29-56(54)66-57/h1-38H. The summed E-state index contributed by atoms with van der Waals surface area (Å²) in [6.45, 7) is 0. The zero-order chi connectivity index (χ0) is 44.2. The van der Waals surface area contributed by atoms with E-state index in [2.05, 4.69) is 203 Å². The molecule has 0 radical (unpaired) electrons. The summed E-state index contributed by atoms with van der Waals surface area (Å²) in [4.78, 5) is 6.92. The van der Waals surface area contributed by atoms with Crippen LogP contribution in [0.4, 0.5) is 55.6 Å². The van der Waals surface area contributed by atoms with E-state index in [9.17, 15) is 0 Å². The topological polar surface area (TPSA) is 19.0 Å². The van der Waals surface area contributed by atoms with E-state index >= 15 is 4.39 Å². The summed E-state index contributed by atoms with van der Waals surface area (Å²) < 4.78 is 25.4. The number of rotatable bonds is 6. The van der Waals surface area contributed by atoms with Crippen molar-refractivity contribution in [3.8, 4) is 22.6 Å². The van der Waals surface area contributed by atoms with Crippen LogP contribution in [0.3, 0.4) is 0 Å². The van der Waals surface area contributed by atoms with Gasteiger partial charge in [0, 0.05) is 43.9 Å². The number of anilines is 9. The van der Waals surface area contributed by atoms with Crippen LogP contribution in [0.25, 0.3) is 31.3 Å². The van der Waals surface area contributed by atoms with Gasteiger partial charge in [0.05, 0.1) is 32.9 Å². The number of hydrogen-bond acceptors (Lipinski definition) is 5. The predicted octanol–water partition coefficient (Wildman–Crippen LogP) is 17.4. The van der Waals surface area contributed by atoms with Crippen LogP contribution >= 0.6 is 11.3 Å². The van der Waals surface area contributed by atoms with Gasteiger partial charge in [0.15, 0.2) is 11.5 Å². The van der Waals surface area contributed by atoms with E-state index in [1.165, 1.54) is 22.3 Å². The second-order valence-corrected chi connectivity index (χ2v) is 18.4. The summed E-state index contributed by atoms with van der Waals surface area (Å²) in [5.41, 5.74) is 15.4. The molecule has 0 saturated carbocycles. The molecule has 0 amide bonds. The number of hydrogen-bond donors (Lipinski definition) is 0. The molecule has 10 aromatic carbocycles. The number of fused-ring (bicyclic) bond motifs is 14. The van der Waals surface area contributed by atoms with Crippen LogP contribution in [-0.2, 0) is 5.41 Å². The summed E-state index contributed by atoms with van der Waals surface area (Å²) in [6.07, 6.45) is 0. The summed E-state index contributed by atoms with van der Waals surface area (Å²) in [6, 6.07) is 80.6. The molecule has 67 heavy (non-hydrogen) atoms. The lowest BCUT2D eigenvalue weighted by atomic mass is 9.64. The van der Waals surface area contributed by atoms with E-state index < -0.39 is 5.41 Å². The molecule has 6 heteroatoms. The monoisotopic (exact) mass is 879 g/mol. The van der Waals surface area contributed by atoms with Crippen LogP contribution in [0.2, 0.25) is 0 Å². The SMILES string of the molecule is Fc1cc(N(c2ccccc2)c2ccc3c(c2)C2(c4ccccc4-c4ccccc42)c2cccc4c2N3c2ccccc2O4)c2sc3cc(N(c4ccccc4)c4ccccc4)ccc3c2c1. The third-order valence-corrected chi connectivity index (χ3v) is 15.0. The van der Waals surface area contributed by atoms with Gasteiger partial charge in [0.2, 0.25) is 0 Å². The number of benzene rings is 10. The van der Waals surface area contributed by atoms with E-state index in [0.717, 1.165) is 94.0 Å². The summed E-state index contributed by atoms with van der Waals surface area (Å²) in [5, 5.41) is 1.90. The molecule has 1 aromatic heterocycles. The molecule has 3 aliphatic rings. The van der Waals surface area contributed by atoms with Crippen molar-refractivity contribution in [2.24, 2.45) is 0 Å². The first-order valence-electron chi connectivity index (χ1n) is 22.6. The lowest BCUT2D eigenvalue weighted by molar-refractivity contribution is 0.473. The van der Waals surface area contributed by atoms with Crippen molar-refractivity contribution in [3.05, 3.63) is 259 Å². The molecule has 0 unspecified atom stereocenters. The molecule has 0 fully saturated rings. The van der Waals surface area contributed by atoms with Gasteiger partial charge in [-0.25, -0.2) is 4.39 Å². The van der Waals surface area contributed by atoms with Gasteiger partial charge in [-0.15, -0.1) is 11.3 Å². The van der Waals surface area contributed by atoms with Crippen molar-refractivity contribution in [3.63, 3.8) is 0 Å². The molecule has 2 aliphatic heterocycles. The summed E-state index contributed by atoms with van der Waals surface area (Å²) >= 11 is 1.70. The third-order valence-electron chi connectivity index (χ3n) is 13.8. The maximum Gasteiger partial charge on any atom is 0.151 e. The lowest BCUT2D eigenvalue weighted by Gasteiger charge is -2.47. The number of nitrogens with zero attached hydrogens (tertiary/aromatic N) is 3. The minimum Gasteiger partial charge on any atom is -0.453 e. The fraction of sp³-hybridized carbons (Fsp3) is 0.0164. The molecule has 0 atom stereocenters. The summed E-state index contributed by atoms with van der Waals surface area (Å²) in [7, 11) is 0. The first kappa shape index (κ1) is 37.9. The average Bonchev–Trinajstić information content (AvgIpc) is 3.89. The molecule has 0 saturated heterocycles. The van der Waals surface area contributed by atoms with Gasteiger partial charge in [-0.1, -0.05) is 133 Å². The number of para-hydroxylation sites is 6. The largest absolute Gasteiger partial charge is 0.453 e. The third kappa shape index (κ3) is 5.45. The highest BCUT2D eigenvalue weighted by Crippen LogP contribution is 2.67. The molecule has 0 N–H and O–H groups in total. The first-order chi connectivity index (χ1) is 33.1. The van der Waals surface area contributed by atoms with Crippen LogP contribution < -0.4 is 19.4 Å². The van der Waals surface area contributed by atoms with Gasteiger partial charge in [0.1, 0.15) is 5.82 Å². The minimum atomic E-state index is -0.701. The molecule has 1 spiro atoms. The van der Waals surface area contributed by atoms with Crippen molar-refractivity contribution in [1.82, 2.24) is 0 Å². The number of thiophene rings is 1. The van der Waals surface area contributed by atoms with Gasteiger partial charge in [-0.3, -0.25) is 0 Å². The molecule has 1 aliphatic carbocycles. The van der Waals surface area contributed by atoms with E-state index in [0.29, 0.717) is 0 Å². The lowest BCUT2D eigenvalue weighted by Crippen LogP contribution is -2.37. The van der Waals surface area contributed by atoms with Gasteiger partial charge < -0.3 is 19.4 Å². The summed E-state index contributed by atoms with van der Waals surface area (Å²) in [5.74, 6) is 1.34. The fourth-order valence-corrected chi connectivity index (χ4v) is 12.4. The maximum absolute atomic E-state index is 16.6. The predicted molar refractivity (Wildman–Crippen MR) is 274 cm³/mol. The highest BCUT2D eigenvalue weighted by atomic mass is 32.1. The van der Waals surface area contributed by atoms with Gasteiger partial charge >= 0.3 is 0 Å². The normalized spacial score (nSPS) is 13.4. The van der Waals surface area contributed by atoms with Crippen LogP contribution in [0.5, 0.6) is 11.5 Å². The first-order valence-corrected chi connectivity index (χ1v) is 23.4. The Balaban J connectivity index is 1.03. The van der Waals surface area contributed by atoms with Crippen LogP contribution in [0, 0.1) is 5.82 Å². The highest BCUT2D eigenvalue weighted by Gasteiger charge is 2.53. The Morgan fingerprint density at radius 2 is 0.985 bits per heavy atom. The second-order valence-electron chi connectivity index (χ2n) is 17.4. The molecule has 4 nitrogen and oxygen atoms in total. The van der Waals surface area contributed by atoms with Gasteiger partial charge in [-0.05, 0) is 130 Å². The van der Waals surface area contributed by atoms with Crippen LogP contribution in [-0.4, -0.2) is 0 Å². The van der Waals surface area contributed by atoms with Crippen LogP contribution in [0.1, 0.15) is 22.3 Å². The zero-order valence-electron chi connectivity index (χ0n) is 36.0. The zero-order valence-corrected chi connectivity index (χ0v) is 36.8. The second kappa shape index (κ2) is 14.5. The molecular formula is C61H38FN3OS. The smallest absolute Gasteiger partial charge is 0.151 e. The number of halogens is 1. The Labute approximate surface area is 391 Å². The quantitative estimate of drug-likeness (QED) is 0.166. The molecule has 3 heterocycles. The Kier molecular flexibility index (Phi) is 8.21. The van der Waals surface area contributed by atoms with E-state index in [4.69, 9.17) is 4.74 Å². The Morgan fingerprint density at radius 3 is 1.69 bits per heavy atom. The molecule has 11 aromatic rings. The Hall–Kier alpha value is -8.45. The van der Waals surface area contributed by atoms with Crippen molar-refractivity contribution >= 4 is 82.7 Å². The fourth-order valence-electron chi connectivity index (χ4n) is 11.2. The van der Waals surface area contributed by atoms with Gasteiger partial charge in [0.25, 0.3) is 0 Å². The Bertz CT molecular complexity index is 3690. The molecule has 316 valence electrons. The highest BCUT2D eigenvalue weighted by molar-refractivity contribution is 7.26. The molecular weight excluding hydrogens is 842 g/mol. The van der Waals surface area contributed by atoms with E-state index in [-0.39, 0.29) is 5.82 Å².